The van der Waals surface area contributed by atoms with Gasteiger partial charge in [0.05, 0.1) is 4.92 Å². The van der Waals surface area contributed by atoms with Crippen LogP contribution in [0.1, 0.15) is 51.1 Å². The quantitative estimate of drug-likeness (QED) is 0.656. The van der Waals surface area contributed by atoms with Gasteiger partial charge in [0.25, 0.3) is 0 Å². The molecular weight excluding hydrogens is 270 g/mol. The predicted octanol–water partition coefficient (Wildman–Crippen LogP) is 2.15. The first-order chi connectivity index (χ1) is 9.95. The van der Waals surface area contributed by atoms with Gasteiger partial charge in [0.2, 0.25) is 5.82 Å². The number of hydrogen-bond acceptors (Lipinski definition) is 5. The van der Waals surface area contributed by atoms with Crippen molar-refractivity contribution in [3.63, 3.8) is 0 Å². The van der Waals surface area contributed by atoms with Gasteiger partial charge in [-0.15, -0.1) is 0 Å². The van der Waals surface area contributed by atoms with E-state index in [1.165, 1.54) is 12.8 Å². The molecule has 0 amide bonds. The molecule has 2 unspecified atom stereocenters. The average Bonchev–Trinajstić information content (AvgIpc) is 2.91. The van der Waals surface area contributed by atoms with Crippen LogP contribution < -0.4 is 10.6 Å². The van der Waals surface area contributed by atoms with Crippen LogP contribution in [0.4, 0.5) is 11.5 Å². The number of aryl methyl sites for hydroxylation is 1. The Morgan fingerprint density at radius 2 is 2.00 bits per heavy atom. The molecule has 2 N–H and O–H groups in total. The van der Waals surface area contributed by atoms with Crippen molar-refractivity contribution in [3.8, 4) is 0 Å². The minimum Gasteiger partial charge on any atom is -0.362 e. The summed E-state index contributed by atoms with van der Waals surface area (Å²) in [4.78, 5) is 11.1. The smallest absolute Gasteiger partial charge is 0.334 e. The Hall–Kier alpha value is -1.63. The molecule has 7 nitrogen and oxygen atoms in total. The van der Waals surface area contributed by atoms with Crippen LogP contribution in [-0.4, -0.2) is 32.8 Å². The fourth-order valence-corrected chi connectivity index (χ4v) is 3.63. The number of nitro groups is 1. The van der Waals surface area contributed by atoms with Crippen LogP contribution in [-0.2, 0) is 7.05 Å². The highest BCUT2D eigenvalue weighted by molar-refractivity contribution is 5.61. The molecule has 116 valence electrons. The zero-order valence-corrected chi connectivity index (χ0v) is 12.8. The van der Waals surface area contributed by atoms with Crippen molar-refractivity contribution in [1.29, 1.82) is 0 Å². The third kappa shape index (κ3) is 2.62. The van der Waals surface area contributed by atoms with Crippen LogP contribution in [0, 0.1) is 10.1 Å². The van der Waals surface area contributed by atoms with E-state index < -0.39 is 0 Å². The molecule has 2 bridgehead atoms. The number of piperidine rings is 1. The van der Waals surface area contributed by atoms with Crippen LogP contribution in [0.2, 0.25) is 0 Å². The monoisotopic (exact) mass is 293 g/mol. The molecule has 0 spiro atoms. The van der Waals surface area contributed by atoms with Crippen molar-refractivity contribution < 1.29 is 4.92 Å². The molecule has 2 atom stereocenters. The summed E-state index contributed by atoms with van der Waals surface area (Å²) in [7, 11) is 1.77. The van der Waals surface area contributed by atoms with Gasteiger partial charge in [0, 0.05) is 31.1 Å². The van der Waals surface area contributed by atoms with Gasteiger partial charge in [-0.2, -0.15) is 5.10 Å². The molecule has 7 heteroatoms. The predicted molar refractivity (Wildman–Crippen MR) is 80.5 cm³/mol. The minimum absolute atomic E-state index is 0.0383. The molecule has 21 heavy (non-hydrogen) atoms. The number of nitrogens with one attached hydrogen (secondary N) is 2. The number of hydrogen-bond donors (Lipinski definition) is 2. The molecule has 0 radical (unpaired) electrons. The van der Waals surface area contributed by atoms with E-state index in [0.29, 0.717) is 23.6 Å². The Bertz CT molecular complexity index is 542. The molecular formula is C14H23N5O2. The van der Waals surface area contributed by atoms with E-state index in [4.69, 9.17) is 0 Å². The maximum absolute atomic E-state index is 11.4. The molecule has 2 fully saturated rings. The largest absolute Gasteiger partial charge is 0.362 e. The van der Waals surface area contributed by atoms with Crippen molar-refractivity contribution >= 4 is 11.5 Å². The summed E-state index contributed by atoms with van der Waals surface area (Å²) in [6.45, 7) is 3.87. The fourth-order valence-electron chi connectivity index (χ4n) is 3.63. The SMILES string of the molecule is CC(C)c1nn(C)c(NC2CC3CCC(C2)N3)c1[N+](=O)[O-]. The van der Waals surface area contributed by atoms with Crippen LogP contribution in [0.5, 0.6) is 0 Å². The van der Waals surface area contributed by atoms with Crippen LogP contribution >= 0.6 is 0 Å². The van der Waals surface area contributed by atoms with E-state index in [1.54, 1.807) is 11.7 Å². The highest BCUT2D eigenvalue weighted by Gasteiger charge is 2.36. The van der Waals surface area contributed by atoms with Crippen molar-refractivity contribution in [2.45, 2.75) is 63.6 Å². The van der Waals surface area contributed by atoms with E-state index >= 15 is 0 Å². The molecule has 1 aromatic rings. The molecule has 0 aromatic carbocycles. The van der Waals surface area contributed by atoms with E-state index in [0.717, 1.165) is 12.8 Å². The second-order valence-electron chi connectivity index (χ2n) is 6.57. The Kier molecular flexibility index (Phi) is 3.61. The van der Waals surface area contributed by atoms with E-state index in [-0.39, 0.29) is 22.6 Å². The highest BCUT2D eigenvalue weighted by Crippen LogP contribution is 2.35. The van der Waals surface area contributed by atoms with Gasteiger partial charge in [-0.05, 0) is 25.7 Å². The van der Waals surface area contributed by atoms with Gasteiger partial charge in [0.1, 0.15) is 5.69 Å². The van der Waals surface area contributed by atoms with Gasteiger partial charge in [-0.3, -0.25) is 10.1 Å². The number of fused-ring (bicyclic) bond motifs is 2. The maximum Gasteiger partial charge on any atom is 0.334 e. The summed E-state index contributed by atoms with van der Waals surface area (Å²) in [5.74, 6) is 0.589. The van der Waals surface area contributed by atoms with Crippen LogP contribution in [0.25, 0.3) is 0 Å². The second-order valence-corrected chi connectivity index (χ2v) is 6.57. The van der Waals surface area contributed by atoms with Crippen molar-refractivity contribution in [2.75, 3.05) is 5.32 Å². The fraction of sp³-hybridized carbons (Fsp3) is 0.786. The van der Waals surface area contributed by atoms with E-state index in [1.807, 2.05) is 13.8 Å². The van der Waals surface area contributed by atoms with Gasteiger partial charge in [-0.1, -0.05) is 13.8 Å². The number of rotatable bonds is 4. The maximum atomic E-state index is 11.4. The standard InChI is InChI=1S/C14H23N5O2/c1-8(2)12-13(19(20)21)14(18(3)17-12)16-11-6-9-4-5-10(7-11)15-9/h8-11,15-16H,4-7H2,1-3H3. The molecule has 0 aliphatic carbocycles. The molecule has 1 aromatic heterocycles. The van der Waals surface area contributed by atoms with Crippen molar-refractivity contribution in [1.82, 2.24) is 15.1 Å². The van der Waals surface area contributed by atoms with Crippen LogP contribution in [0.15, 0.2) is 0 Å². The summed E-state index contributed by atoms with van der Waals surface area (Å²) in [5, 5.41) is 22.8. The van der Waals surface area contributed by atoms with E-state index in [2.05, 4.69) is 15.7 Å². The first-order valence-corrected chi connectivity index (χ1v) is 7.69. The number of nitrogens with zero attached hydrogens (tertiary/aromatic N) is 3. The van der Waals surface area contributed by atoms with Crippen molar-refractivity contribution in [3.05, 3.63) is 15.8 Å². The topological polar surface area (TPSA) is 85.0 Å². The molecule has 2 aliphatic rings. The first kappa shape index (κ1) is 14.3. The molecule has 2 aliphatic heterocycles. The Balaban J connectivity index is 1.86. The molecule has 3 rings (SSSR count). The summed E-state index contributed by atoms with van der Waals surface area (Å²) in [6.07, 6.45) is 4.48. The molecule has 3 heterocycles. The summed E-state index contributed by atoms with van der Waals surface area (Å²) in [5.41, 5.74) is 0.695. The van der Waals surface area contributed by atoms with Gasteiger partial charge < -0.3 is 10.6 Å². The Labute approximate surface area is 124 Å². The lowest BCUT2D eigenvalue weighted by Gasteiger charge is -2.30. The lowest BCUT2D eigenvalue weighted by molar-refractivity contribution is -0.384. The number of anilines is 1. The summed E-state index contributed by atoms with van der Waals surface area (Å²) >= 11 is 0. The highest BCUT2D eigenvalue weighted by atomic mass is 16.6. The Morgan fingerprint density at radius 3 is 2.52 bits per heavy atom. The number of aromatic nitrogens is 2. The summed E-state index contributed by atoms with van der Waals surface area (Å²) < 4.78 is 1.62. The minimum atomic E-state index is -0.305. The zero-order chi connectivity index (χ0) is 15.1. The lowest BCUT2D eigenvalue weighted by atomic mass is 10.00. The van der Waals surface area contributed by atoms with Gasteiger partial charge in [-0.25, -0.2) is 4.68 Å². The van der Waals surface area contributed by atoms with E-state index in [9.17, 15) is 10.1 Å². The normalized spacial score (nSPS) is 28.1. The van der Waals surface area contributed by atoms with Crippen LogP contribution in [0.3, 0.4) is 0 Å². The van der Waals surface area contributed by atoms with Gasteiger partial charge >= 0.3 is 5.69 Å². The Morgan fingerprint density at radius 1 is 1.38 bits per heavy atom. The second kappa shape index (κ2) is 5.29. The zero-order valence-electron chi connectivity index (χ0n) is 12.8. The summed E-state index contributed by atoms with van der Waals surface area (Å²) in [6, 6.07) is 1.40. The third-order valence-electron chi connectivity index (χ3n) is 4.59. The average molecular weight is 293 g/mol. The van der Waals surface area contributed by atoms with Gasteiger partial charge in [0.15, 0.2) is 0 Å². The van der Waals surface area contributed by atoms with Crippen molar-refractivity contribution in [2.24, 2.45) is 7.05 Å². The molecule has 2 saturated heterocycles. The molecule has 0 saturated carbocycles. The lowest BCUT2D eigenvalue weighted by Crippen LogP contribution is -2.43. The third-order valence-corrected chi connectivity index (χ3v) is 4.59. The first-order valence-electron chi connectivity index (χ1n) is 7.69.